The number of sulfone groups is 1. The third-order valence-corrected chi connectivity index (χ3v) is 5.73. The van der Waals surface area contributed by atoms with Gasteiger partial charge in [-0.3, -0.25) is 4.79 Å². The number of amides is 1. The van der Waals surface area contributed by atoms with Gasteiger partial charge in [0.2, 0.25) is 5.88 Å². The first kappa shape index (κ1) is 20.5. The van der Waals surface area contributed by atoms with Gasteiger partial charge in [0.25, 0.3) is 5.91 Å². The smallest absolute Gasteiger partial charge is 0.258 e. The first-order valence-electron chi connectivity index (χ1n) is 10.2. The van der Waals surface area contributed by atoms with Crippen molar-refractivity contribution in [3.8, 4) is 11.6 Å². The van der Waals surface area contributed by atoms with Crippen LogP contribution in [0.25, 0.3) is 0 Å². The zero-order chi connectivity index (χ0) is 21.1. The predicted molar refractivity (Wildman–Crippen MR) is 113 cm³/mol. The molecule has 8 heteroatoms. The lowest BCUT2D eigenvalue weighted by atomic mass is 10.1. The number of hydrogen-bond acceptors (Lipinski definition) is 6. The Morgan fingerprint density at radius 2 is 1.97 bits per heavy atom. The van der Waals surface area contributed by atoms with Crippen LogP contribution in [0.15, 0.2) is 48.0 Å². The van der Waals surface area contributed by atoms with E-state index in [1.807, 2.05) is 18.2 Å². The fourth-order valence-corrected chi connectivity index (χ4v) is 3.61. The van der Waals surface area contributed by atoms with Gasteiger partial charge in [0.15, 0.2) is 9.84 Å². The summed E-state index contributed by atoms with van der Waals surface area (Å²) in [6, 6.07) is 8.79. The van der Waals surface area contributed by atoms with Crippen LogP contribution in [0.3, 0.4) is 0 Å². The van der Waals surface area contributed by atoms with Gasteiger partial charge in [0, 0.05) is 29.8 Å². The van der Waals surface area contributed by atoms with Crippen molar-refractivity contribution in [3.05, 3.63) is 59.4 Å². The molecule has 1 unspecified atom stereocenters. The van der Waals surface area contributed by atoms with Crippen molar-refractivity contribution in [2.24, 2.45) is 5.92 Å². The van der Waals surface area contributed by atoms with Crippen molar-refractivity contribution in [1.29, 1.82) is 0 Å². The molecule has 2 fully saturated rings. The zero-order valence-corrected chi connectivity index (χ0v) is 17.6. The molecule has 1 atom stereocenters. The second-order valence-corrected chi connectivity index (χ2v) is 9.98. The molecule has 4 rings (SSSR count). The van der Waals surface area contributed by atoms with Crippen LogP contribution in [0.4, 0.5) is 0 Å². The largest absolute Gasteiger partial charge is 0.438 e. The van der Waals surface area contributed by atoms with Crippen LogP contribution in [-0.4, -0.2) is 36.6 Å². The minimum absolute atomic E-state index is 0.216. The third kappa shape index (κ3) is 5.89. The summed E-state index contributed by atoms with van der Waals surface area (Å²) in [6.45, 7) is 0. The van der Waals surface area contributed by atoms with E-state index in [0.29, 0.717) is 29.8 Å². The third-order valence-electron chi connectivity index (χ3n) is 5.08. The standard InChI is InChI=1S/C22H25N3O4S/c1-30(27,28)12-11-17(13-15-7-8-15)24-21(26)19-14-23-20(16-9-10-16)25-22(19)29-18-5-3-2-4-6-18/h2-6,11-12,14-17H,7-10,13H2,1H3,(H,24,26). The molecule has 0 radical (unpaired) electrons. The number of ether oxygens (including phenoxy) is 1. The molecule has 0 aliphatic heterocycles. The quantitative estimate of drug-likeness (QED) is 0.657. The van der Waals surface area contributed by atoms with Gasteiger partial charge in [-0.05, 0) is 37.3 Å². The van der Waals surface area contributed by atoms with Gasteiger partial charge in [-0.25, -0.2) is 13.4 Å². The van der Waals surface area contributed by atoms with Crippen LogP contribution >= 0.6 is 0 Å². The van der Waals surface area contributed by atoms with Gasteiger partial charge in [-0.2, -0.15) is 4.98 Å². The highest BCUT2D eigenvalue weighted by atomic mass is 32.2. The SMILES string of the molecule is CS(=O)(=O)C=CC(CC1CC1)NC(=O)c1cnc(C2CC2)nc1Oc1ccccc1. The van der Waals surface area contributed by atoms with Crippen molar-refractivity contribution in [2.45, 2.75) is 44.1 Å². The Morgan fingerprint density at radius 1 is 1.23 bits per heavy atom. The number of hydrogen-bond donors (Lipinski definition) is 1. The molecule has 0 spiro atoms. The van der Waals surface area contributed by atoms with Gasteiger partial charge >= 0.3 is 0 Å². The average Bonchev–Trinajstić information content (AvgIpc) is 3.61. The summed E-state index contributed by atoms with van der Waals surface area (Å²) in [5.74, 6) is 1.93. The van der Waals surface area contributed by atoms with Gasteiger partial charge in [0.05, 0.1) is 0 Å². The Balaban J connectivity index is 1.57. The molecule has 1 aromatic heterocycles. The van der Waals surface area contributed by atoms with Crippen LogP contribution < -0.4 is 10.1 Å². The second kappa shape index (κ2) is 8.55. The molecule has 2 aliphatic carbocycles. The maximum atomic E-state index is 13.0. The van der Waals surface area contributed by atoms with Crippen LogP contribution in [0.1, 0.15) is 54.2 Å². The van der Waals surface area contributed by atoms with Gasteiger partial charge < -0.3 is 10.1 Å². The van der Waals surface area contributed by atoms with E-state index in [-0.39, 0.29) is 23.4 Å². The van der Waals surface area contributed by atoms with Crippen molar-refractivity contribution in [1.82, 2.24) is 15.3 Å². The van der Waals surface area contributed by atoms with Crippen molar-refractivity contribution in [2.75, 3.05) is 6.26 Å². The number of rotatable bonds is 9. The summed E-state index contributed by atoms with van der Waals surface area (Å²) in [5.41, 5.74) is 0.233. The summed E-state index contributed by atoms with van der Waals surface area (Å²) in [6.07, 6.45) is 9.16. The number of para-hydroxylation sites is 1. The molecule has 1 aromatic carbocycles. The lowest BCUT2D eigenvalue weighted by molar-refractivity contribution is 0.0938. The molecule has 1 amide bonds. The van der Waals surface area contributed by atoms with E-state index in [9.17, 15) is 13.2 Å². The average molecular weight is 428 g/mol. The van der Waals surface area contributed by atoms with Crippen molar-refractivity contribution >= 4 is 15.7 Å². The van der Waals surface area contributed by atoms with Crippen LogP contribution in [0.2, 0.25) is 0 Å². The van der Waals surface area contributed by atoms with E-state index in [4.69, 9.17) is 4.74 Å². The summed E-state index contributed by atoms with van der Waals surface area (Å²) >= 11 is 0. The molecule has 1 heterocycles. The zero-order valence-electron chi connectivity index (χ0n) is 16.8. The number of benzene rings is 1. The number of nitrogens with zero attached hydrogens (tertiary/aromatic N) is 2. The van der Waals surface area contributed by atoms with Gasteiger partial charge in [0.1, 0.15) is 17.1 Å². The molecule has 30 heavy (non-hydrogen) atoms. The fourth-order valence-electron chi connectivity index (χ4n) is 3.13. The summed E-state index contributed by atoms with van der Waals surface area (Å²) < 4.78 is 28.9. The molecule has 2 aromatic rings. The molecule has 0 saturated heterocycles. The van der Waals surface area contributed by atoms with Crippen LogP contribution in [-0.2, 0) is 9.84 Å². The van der Waals surface area contributed by atoms with Crippen LogP contribution in [0.5, 0.6) is 11.6 Å². The van der Waals surface area contributed by atoms with Crippen molar-refractivity contribution in [3.63, 3.8) is 0 Å². The van der Waals surface area contributed by atoms with E-state index in [2.05, 4.69) is 15.3 Å². The molecule has 2 aliphatic rings. The number of carbonyl (C=O) groups is 1. The Hall–Kier alpha value is -2.74. The van der Waals surface area contributed by atoms with E-state index in [1.54, 1.807) is 18.2 Å². The van der Waals surface area contributed by atoms with Crippen molar-refractivity contribution < 1.29 is 17.9 Å². The van der Waals surface area contributed by atoms with Gasteiger partial charge in [-0.15, -0.1) is 0 Å². The van der Waals surface area contributed by atoms with Crippen LogP contribution in [0, 0.1) is 5.92 Å². The maximum absolute atomic E-state index is 13.0. The van der Waals surface area contributed by atoms with E-state index >= 15 is 0 Å². The summed E-state index contributed by atoms with van der Waals surface area (Å²) in [5, 5.41) is 4.06. The van der Waals surface area contributed by atoms with Gasteiger partial charge in [-0.1, -0.05) is 37.1 Å². The highest BCUT2D eigenvalue weighted by Gasteiger charge is 2.30. The Kier molecular flexibility index (Phi) is 5.85. The minimum Gasteiger partial charge on any atom is -0.438 e. The lowest BCUT2D eigenvalue weighted by Crippen LogP contribution is -2.34. The fraction of sp³-hybridized carbons (Fsp3) is 0.409. The number of aromatic nitrogens is 2. The molecular weight excluding hydrogens is 402 g/mol. The highest BCUT2D eigenvalue weighted by molar-refractivity contribution is 7.93. The Morgan fingerprint density at radius 3 is 2.60 bits per heavy atom. The Labute approximate surface area is 176 Å². The first-order chi connectivity index (χ1) is 14.4. The molecule has 0 bridgehead atoms. The topological polar surface area (TPSA) is 98.2 Å². The number of nitrogens with one attached hydrogen (secondary N) is 1. The molecule has 1 N–H and O–H groups in total. The minimum atomic E-state index is -3.27. The van der Waals surface area contributed by atoms with E-state index < -0.39 is 9.84 Å². The summed E-state index contributed by atoms with van der Waals surface area (Å²) in [4.78, 5) is 21.9. The molecule has 7 nitrogen and oxygen atoms in total. The highest BCUT2D eigenvalue weighted by Crippen LogP contribution is 2.39. The predicted octanol–water partition coefficient (Wildman–Crippen LogP) is 3.60. The number of carbonyl (C=O) groups excluding carboxylic acids is 1. The molecule has 2 saturated carbocycles. The molecule has 158 valence electrons. The summed E-state index contributed by atoms with van der Waals surface area (Å²) in [7, 11) is -3.27. The lowest BCUT2D eigenvalue weighted by Gasteiger charge is -2.16. The second-order valence-electron chi connectivity index (χ2n) is 8.05. The first-order valence-corrected chi connectivity index (χ1v) is 12.1. The van der Waals surface area contributed by atoms with E-state index in [1.165, 1.54) is 6.20 Å². The molecular formula is C22H25N3O4S. The maximum Gasteiger partial charge on any atom is 0.258 e. The van der Waals surface area contributed by atoms with E-state index in [0.717, 1.165) is 37.3 Å². The normalized spacial score (nSPS) is 17.6. The Bertz CT molecular complexity index is 1050. The monoisotopic (exact) mass is 427 g/mol.